The summed E-state index contributed by atoms with van der Waals surface area (Å²) < 4.78 is 0. The van der Waals surface area contributed by atoms with Gasteiger partial charge in [0.2, 0.25) is 5.91 Å². The first-order valence-corrected chi connectivity index (χ1v) is 6.99. The molecule has 6 atom stereocenters. The molecule has 4 nitrogen and oxygen atoms in total. The lowest BCUT2D eigenvalue weighted by molar-refractivity contribution is -0.182. The van der Waals surface area contributed by atoms with Crippen LogP contribution in [0.15, 0.2) is 12.2 Å². The van der Waals surface area contributed by atoms with Crippen LogP contribution in [0.2, 0.25) is 0 Å². The third kappa shape index (κ3) is 0.478. The highest BCUT2D eigenvalue weighted by molar-refractivity contribution is 6.08. The van der Waals surface area contributed by atoms with Crippen molar-refractivity contribution in [3.05, 3.63) is 12.2 Å². The van der Waals surface area contributed by atoms with Gasteiger partial charge in [0, 0.05) is 19.5 Å². The Morgan fingerprint density at radius 2 is 1.84 bits per heavy atom. The van der Waals surface area contributed by atoms with E-state index in [1.807, 2.05) is 11.9 Å². The quantitative estimate of drug-likeness (QED) is 0.618. The van der Waals surface area contributed by atoms with E-state index in [2.05, 4.69) is 20.4 Å². The van der Waals surface area contributed by atoms with Crippen molar-refractivity contribution < 1.29 is 9.59 Å². The van der Waals surface area contributed by atoms with Crippen molar-refractivity contribution >= 4 is 11.9 Å². The molecule has 1 saturated heterocycles. The molecule has 1 unspecified atom stereocenters. The molecule has 0 aromatic heterocycles. The minimum atomic E-state index is -0.294. The second kappa shape index (κ2) is 2.05. The van der Waals surface area contributed by atoms with Crippen molar-refractivity contribution in [1.29, 1.82) is 0 Å². The van der Waals surface area contributed by atoms with Gasteiger partial charge >= 0.3 is 6.03 Å². The Kier molecular flexibility index (Phi) is 1.13. The van der Waals surface area contributed by atoms with Crippen molar-refractivity contribution in [3.63, 3.8) is 0 Å². The molecular weight excluding hydrogens is 240 g/mol. The Morgan fingerprint density at radius 3 is 2.47 bits per heavy atom. The third-order valence-electron chi connectivity index (χ3n) is 7.82. The molecule has 4 heteroatoms. The lowest BCUT2D eigenvalue weighted by Crippen LogP contribution is -2.78. The van der Waals surface area contributed by atoms with Crippen LogP contribution in [0.25, 0.3) is 0 Å². The zero-order valence-electron chi connectivity index (χ0n) is 11.8. The first kappa shape index (κ1) is 10.5. The fourth-order valence-electron chi connectivity index (χ4n) is 7.93. The van der Waals surface area contributed by atoms with Gasteiger partial charge in [-0.1, -0.05) is 26.0 Å². The van der Waals surface area contributed by atoms with Gasteiger partial charge in [-0.15, -0.1) is 0 Å². The van der Waals surface area contributed by atoms with Gasteiger partial charge in [0.05, 0.1) is 11.0 Å². The maximum Gasteiger partial charge on any atom is 0.326 e. The molecule has 100 valence electrons. The number of imide groups is 1. The van der Waals surface area contributed by atoms with Crippen molar-refractivity contribution in [1.82, 2.24) is 9.80 Å². The molecule has 0 radical (unpaired) electrons. The predicted molar refractivity (Wildman–Crippen MR) is 68.0 cm³/mol. The highest BCUT2D eigenvalue weighted by Crippen LogP contribution is 3.09. The number of rotatable bonds is 0. The number of hydrogen-bond donors (Lipinski definition) is 0. The monoisotopic (exact) mass is 258 g/mol. The van der Waals surface area contributed by atoms with Crippen LogP contribution in [0.1, 0.15) is 20.3 Å². The molecule has 3 amide bonds. The van der Waals surface area contributed by atoms with E-state index in [0.29, 0.717) is 11.8 Å². The van der Waals surface area contributed by atoms with Gasteiger partial charge in [-0.25, -0.2) is 4.79 Å². The maximum atomic E-state index is 12.8. The fraction of sp³-hybridized carbons (Fsp3) is 0.733. The van der Waals surface area contributed by atoms with Gasteiger partial charge < -0.3 is 4.90 Å². The van der Waals surface area contributed by atoms with Crippen molar-refractivity contribution in [2.45, 2.75) is 25.8 Å². The molecule has 4 aliphatic carbocycles. The van der Waals surface area contributed by atoms with E-state index in [9.17, 15) is 9.59 Å². The number of hydrogen-bond acceptors (Lipinski definition) is 2. The summed E-state index contributed by atoms with van der Waals surface area (Å²) in [6, 6.07) is -0.148. The Hall–Kier alpha value is -1.32. The molecule has 5 rings (SSSR count). The number of urea groups is 1. The minimum absolute atomic E-state index is 0.0653. The Bertz CT molecular complexity index is 642. The van der Waals surface area contributed by atoms with Crippen LogP contribution >= 0.6 is 0 Å². The lowest BCUT2D eigenvalue weighted by atomic mass is 9.46. The summed E-state index contributed by atoms with van der Waals surface area (Å²) in [6.07, 6.45) is 0.822. The number of amides is 3. The highest BCUT2D eigenvalue weighted by atomic mass is 16.2. The normalized spacial score (nSPS) is 63.5. The van der Waals surface area contributed by atoms with Gasteiger partial charge in [-0.2, -0.15) is 0 Å². The average molecular weight is 258 g/mol. The zero-order chi connectivity index (χ0) is 13.7. The van der Waals surface area contributed by atoms with Crippen LogP contribution in [-0.2, 0) is 4.79 Å². The largest absolute Gasteiger partial charge is 0.326 e. The summed E-state index contributed by atoms with van der Waals surface area (Å²) in [6.45, 7) is 8.76. The summed E-state index contributed by atoms with van der Waals surface area (Å²) in [5.41, 5.74) is 0.851. The second-order valence-corrected chi connectivity index (χ2v) is 7.64. The van der Waals surface area contributed by atoms with Gasteiger partial charge in [-0.3, -0.25) is 9.69 Å². The van der Waals surface area contributed by atoms with Crippen LogP contribution in [0.3, 0.4) is 0 Å². The molecule has 0 N–H and O–H groups in total. The molecule has 1 aliphatic heterocycles. The number of nitrogens with zero attached hydrogens (tertiary/aromatic N) is 2. The minimum Gasteiger partial charge on any atom is -0.320 e. The van der Waals surface area contributed by atoms with Crippen LogP contribution in [-0.4, -0.2) is 41.4 Å². The lowest BCUT2D eigenvalue weighted by Gasteiger charge is -2.65. The molecule has 5 fully saturated rings. The van der Waals surface area contributed by atoms with E-state index in [1.165, 1.54) is 10.5 Å². The molecule has 0 aromatic rings. The molecule has 1 heterocycles. The zero-order valence-corrected chi connectivity index (χ0v) is 11.8. The molecule has 5 aliphatic rings. The van der Waals surface area contributed by atoms with Crippen LogP contribution < -0.4 is 0 Å². The topological polar surface area (TPSA) is 40.6 Å². The van der Waals surface area contributed by atoms with Crippen LogP contribution in [0.4, 0.5) is 4.79 Å². The standard InChI is InChI=1S/C15H18N2O2/c1-7-6-14-12(2)8(7)13(3)9(12)15(13,14)10(18)16(4)11(19)17(14)5/h8-9H,1,6H2,2-5H3/t8-,9-,12+,13-,14-,15?/m1/s1. The van der Waals surface area contributed by atoms with Gasteiger partial charge in [0.15, 0.2) is 0 Å². The van der Waals surface area contributed by atoms with Gasteiger partial charge in [-0.05, 0) is 23.7 Å². The number of carbonyl (C=O) groups excluding carboxylic acids is 2. The van der Waals surface area contributed by atoms with Crippen LogP contribution in [0.5, 0.6) is 0 Å². The first-order chi connectivity index (χ1) is 8.75. The Morgan fingerprint density at radius 1 is 1.21 bits per heavy atom. The molecule has 19 heavy (non-hydrogen) atoms. The summed E-state index contributed by atoms with van der Waals surface area (Å²) in [5, 5.41) is 0. The number of fused-ring (bicyclic) bond motifs is 1. The van der Waals surface area contributed by atoms with Gasteiger partial charge in [0.1, 0.15) is 0 Å². The Balaban J connectivity index is 1.84. The average Bonchev–Trinajstić information content (AvgIpc) is 2.73. The van der Waals surface area contributed by atoms with Crippen LogP contribution in [0, 0.1) is 28.1 Å². The molecule has 0 bridgehead atoms. The van der Waals surface area contributed by atoms with Crippen molar-refractivity contribution in [3.8, 4) is 0 Å². The summed E-state index contributed by atoms with van der Waals surface area (Å²) in [7, 11) is 3.50. The number of carbonyl (C=O) groups is 2. The van der Waals surface area contributed by atoms with E-state index < -0.39 is 0 Å². The fourth-order valence-corrected chi connectivity index (χ4v) is 7.93. The van der Waals surface area contributed by atoms with E-state index in [4.69, 9.17) is 0 Å². The molecule has 4 saturated carbocycles. The molecule has 0 aromatic carbocycles. The van der Waals surface area contributed by atoms with E-state index >= 15 is 0 Å². The SMILES string of the molecule is C=C1C[C@]23N(C)C(=O)N(C)C(=O)C24[C@H]2[C@@]4(C)[C@H]1[C@@]23C. The van der Waals surface area contributed by atoms with E-state index in [0.717, 1.165) is 6.42 Å². The summed E-state index contributed by atoms with van der Waals surface area (Å²) in [5.74, 6) is 0.952. The van der Waals surface area contributed by atoms with E-state index in [-0.39, 0.29) is 33.7 Å². The summed E-state index contributed by atoms with van der Waals surface area (Å²) in [4.78, 5) is 28.4. The summed E-state index contributed by atoms with van der Waals surface area (Å²) >= 11 is 0. The van der Waals surface area contributed by atoms with Gasteiger partial charge in [0.25, 0.3) is 0 Å². The second-order valence-electron chi connectivity index (χ2n) is 7.64. The third-order valence-corrected chi connectivity index (χ3v) is 7.82. The highest BCUT2D eigenvalue weighted by Gasteiger charge is 3.14. The van der Waals surface area contributed by atoms with Crippen molar-refractivity contribution in [2.24, 2.45) is 28.1 Å². The predicted octanol–water partition coefficient (Wildman–Crippen LogP) is 1.48. The maximum absolute atomic E-state index is 12.8. The molecular formula is C15H18N2O2. The van der Waals surface area contributed by atoms with E-state index in [1.54, 1.807) is 7.05 Å². The Labute approximate surface area is 112 Å². The first-order valence-electron chi connectivity index (χ1n) is 6.99. The van der Waals surface area contributed by atoms with Crippen molar-refractivity contribution in [2.75, 3.05) is 14.1 Å². The molecule has 2 spiro atoms. The smallest absolute Gasteiger partial charge is 0.320 e.